The molecule has 1 aliphatic rings. The number of amides is 1. The van der Waals surface area contributed by atoms with Crippen LogP contribution in [0.25, 0.3) is 11.3 Å². The molecule has 1 saturated heterocycles. The van der Waals surface area contributed by atoms with E-state index in [-0.39, 0.29) is 18.1 Å². The molecule has 0 bridgehead atoms. The van der Waals surface area contributed by atoms with Gasteiger partial charge in [-0.25, -0.2) is 0 Å². The maximum Gasteiger partial charge on any atom is 0.255 e. The summed E-state index contributed by atoms with van der Waals surface area (Å²) in [6, 6.07) is 7.50. The van der Waals surface area contributed by atoms with Gasteiger partial charge in [0.25, 0.3) is 5.91 Å². The fraction of sp³-hybridized carbons (Fsp3) is 0.444. The zero-order valence-corrected chi connectivity index (χ0v) is 14.8. The first kappa shape index (κ1) is 17.4. The number of rotatable bonds is 6. The second kappa shape index (κ2) is 7.67. The number of likely N-dealkylation sites (N-methyl/N-ethyl adjacent to an activating group) is 1. The standard InChI is InChI=1S/C18H24N4O3/c1-4-25-16-11-22(2)10-15(16)20-18(23)14-9-19-21-17(14)12-6-5-7-13(8-12)24-3/h5-9,15-16H,4,10-11H2,1-3H3,(H,19,21)(H,20,23)/t15-,16-/m0/s1. The molecule has 1 aromatic heterocycles. The van der Waals surface area contributed by atoms with Crippen molar-refractivity contribution in [2.24, 2.45) is 0 Å². The second-order valence-electron chi connectivity index (χ2n) is 6.19. The summed E-state index contributed by atoms with van der Waals surface area (Å²) in [6.45, 7) is 4.18. The number of nitrogens with zero attached hydrogens (tertiary/aromatic N) is 2. The molecule has 1 amide bonds. The summed E-state index contributed by atoms with van der Waals surface area (Å²) >= 11 is 0. The molecule has 25 heavy (non-hydrogen) atoms. The van der Waals surface area contributed by atoms with Crippen molar-refractivity contribution >= 4 is 5.91 Å². The van der Waals surface area contributed by atoms with E-state index in [0.29, 0.717) is 17.9 Å². The van der Waals surface area contributed by atoms with Crippen molar-refractivity contribution in [3.63, 3.8) is 0 Å². The van der Waals surface area contributed by atoms with Crippen molar-refractivity contribution in [3.8, 4) is 17.0 Å². The van der Waals surface area contributed by atoms with Gasteiger partial charge in [-0.3, -0.25) is 9.89 Å². The first-order chi connectivity index (χ1) is 12.1. The quantitative estimate of drug-likeness (QED) is 0.831. The Bertz CT molecular complexity index is 731. The Morgan fingerprint density at radius 2 is 2.28 bits per heavy atom. The Morgan fingerprint density at radius 1 is 1.44 bits per heavy atom. The molecule has 1 fully saturated rings. The van der Waals surface area contributed by atoms with E-state index in [2.05, 4.69) is 20.4 Å². The maximum atomic E-state index is 12.8. The maximum absolute atomic E-state index is 12.8. The van der Waals surface area contributed by atoms with E-state index in [1.807, 2.05) is 38.2 Å². The smallest absolute Gasteiger partial charge is 0.255 e. The summed E-state index contributed by atoms with van der Waals surface area (Å²) in [6.07, 6.45) is 1.56. The molecule has 7 heteroatoms. The van der Waals surface area contributed by atoms with E-state index in [1.54, 1.807) is 13.3 Å². The van der Waals surface area contributed by atoms with E-state index in [9.17, 15) is 4.79 Å². The summed E-state index contributed by atoms with van der Waals surface area (Å²) in [5.74, 6) is 0.573. The Labute approximate surface area is 147 Å². The third-order valence-electron chi connectivity index (χ3n) is 4.39. The van der Waals surface area contributed by atoms with Gasteiger partial charge < -0.3 is 19.7 Å². The fourth-order valence-corrected chi connectivity index (χ4v) is 3.19. The van der Waals surface area contributed by atoms with Gasteiger partial charge in [0.05, 0.1) is 36.7 Å². The lowest BCUT2D eigenvalue weighted by atomic mass is 10.1. The SMILES string of the molecule is CCO[C@H]1CN(C)C[C@@H]1NC(=O)c1cn[nH]c1-c1cccc(OC)c1. The minimum atomic E-state index is -0.156. The highest BCUT2D eigenvalue weighted by atomic mass is 16.5. The van der Waals surface area contributed by atoms with Crippen molar-refractivity contribution in [1.82, 2.24) is 20.4 Å². The minimum Gasteiger partial charge on any atom is -0.497 e. The molecule has 2 atom stereocenters. The first-order valence-electron chi connectivity index (χ1n) is 8.41. The number of hydrogen-bond acceptors (Lipinski definition) is 5. The Morgan fingerprint density at radius 3 is 3.04 bits per heavy atom. The van der Waals surface area contributed by atoms with Crippen LogP contribution >= 0.6 is 0 Å². The number of likely N-dealkylation sites (tertiary alicyclic amines) is 1. The van der Waals surface area contributed by atoms with Crippen molar-refractivity contribution in [3.05, 3.63) is 36.0 Å². The molecule has 0 spiro atoms. The van der Waals surface area contributed by atoms with Gasteiger partial charge in [0.2, 0.25) is 0 Å². The summed E-state index contributed by atoms with van der Waals surface area (Å²) < 4.78 is 11.0. The topological polar surface area (TPSA) is 79.5 Å². The van der Waals surface area contributed by atoms with Crippen LogP contribution in [0.3, 0.4) is 0 Å². The number of aromatic nitrogens is 2. The van der Waals surface area contributed by atoms with Crippen LogP contribution in [0.2, 0.25) is 0 Å². The van der Waals surface area contributed by atoms with E-state index in [0.717, 1.165) is 24.4 Å². The lowest BCUT2D eigenvalue weighted by molar-refractivity contribution is 0.0513. The summed E-state index contributed by atoms with van der Waals surface area (Å²) in [4.78, 5) is 14.9. The largest absolute Gasteiger partial charge is 0.497 e. The predicted molar refractivity (Wildman–Crippen MR) is 94.7 cm³/mol. The third kappa shape index (κ3) is 3.83. The molecule has 2 aromatic rings. The molecule has 0 aliphatic carbocycles. The molecule has 0 saturated carbocycles. The van der Waals surface area contributed by atoms with Gasteiger partial charge in [-0.05, 0) is 26.1 Å². The van der Waals surface area contributed by atoms with Gasteiger partial charge in [0.15, 0.2) is 0 Å². The van der Waals surface area contributed by atoms with Crippen molar-refractivity contribution in [2.75, 3.05) is 33.9 Å². The van der Waals surface area contributed by atoms with Crippen molar-refractivity contribution in [1.29, 1.82) is 0 Å². The molecule has 2 N–H and O–H groups in total. The molecule has 7 nitrogen and oxygen atoms in total. The number of carbonyl (C=O) groups excluding carboxylic acids is 1. The second-order valence-corrected chi connectivity index (χ2v) is 6.19. The van der Waals surface area contributed by atoms with Gasteiger partial charge in [-0.15, -0.1) is 0 Å². The monoisotopic (exact) mass is 344 g/mol. The molecular formula is C18H24N4O3. The van der Waals surface area contributed by atoms with Gasteiger partial charge in [-0.1, -0.05) is 12.1 Å². The van der Waals surface area contributed by atoms with Gasteiger partial charge in [0, 0.05) is 25.3 Å². The molecule has 2 heterocycles. The minimum absolute atomic E-state index is 0.00567. The van der Waals surface area contributed by atoms with E-state index in [4.69, 9.17) is 9.47 Å². The summed E-state index contributed by atoms with van der Waals surface area (Å²) in [5.41, 5.74) is 2.04. The lowest BCUT2D eigenvalue weighted by Gasteiger charge is -2.19. The highest BCUT2D eigenvalue weighted by Gasteiger charge is 2.33. The Kier molecular flexibility index (Phi) is 5.35. The van der Waals surface area contributed by atoms with Gasteiger partial charge in [0.1, 0.15) is 5.75 Å². The van der Waals surface area contributed by atoms with Crippen LogP contribution in [0.5, 0.6) is 5.75 Å². The summed E-state index contributed by atoms with van der Waals surface area (Å²) in [5, 5.41) is 10.1. The van der Waals surface area contributed by atoms with Crippen LogP contribution in [0, 0.1) is 0 Å². The lowest BCUT2D eigenvalue weighted by Crippen LogP contribution is -2.44. The number of benzene rings is 1. The fourth-order valence-electron chi connectivity index (χ4n) is 3.19. The molecular weight excluding hydrogens is 320 g/mol. The Balaban J connectivity index is 1.78. The molecule has 0 radical (unpaired) electrons. The zero-order valence-electron chi connectivity index (χ0n) is 14.8. The van der Waals surface area contributed by atoms with Crippen LogP contribution in [-0.4, -0.2) is 67.0 Å². The zero-order chi connectivity index (χ0) is 17.8. The van der Waals surface area contributed by atoms with Crippen LogP contribution in [0.1, 0.15) is 17.3 Å². The third-order valence-corrected chi connectivity index (χ3v) is 4.39. The molecule has 0 unspecified atom stereocenters. The number of methoxy groups -OCH3 is 1. The number of H-pyrrole nitrogens is 1. The van der Waals surface area contributed by atoms with E-state index in [1.165, 1.54) is 0 Å². The molecule has 1 aromatic carbocycles. The average Bonchev–Trinajstić information content (AvgIpc) is 3.22. The van der Waals surface area contributed by atoms with Crippen molar-refractivity contribution in [2.45, 2.75) is 19.1 Å². The van der Waals surface area contributed by atoms with E-state index >= 15 is 0 Å². The highest BCUT2D eigenvalue weighted by molar-refractivity contribution is 6.00. The number of nitrogens with one attached hydrogen (secondary N) is 2. The van der Waals surface area contributed by atoms with Gasteiger partial charge in [-0.2, -0.15) is 5.10 Å². The predicted octanol–water partition coefficient (Wildman–Crippen LogP) is 1.53. The molecule has 3 rings (SSSR count). The Hall–Kier alpha value is -2.38. The summed E-state index contributed by atoms with van der Waals surface area (Å²) in [7, 11) is 3.64. The number of ether oxygens (including phenoxy) is 2. The van der Waals surface area contributed by atoms with E-state index < -0.39 is 0 Å². The van der Waals surface area contributed by atoms with Crippen LogP contribution in [0.4, 0.5) is 0 Å². The molecule has 134 valence electrons. The van der Waals surface area contributed by atoms with Crippen LogP contribution in [0.15, 0.2) is 30.5 Å². The number of hydrogen-bond donors (Lipinski definition) is 2. The first-order valence-corrected chi connectivity index (χ1v) is 8.41. The number of carbonyl (C=O) groups is 1. The van der Waals surface area contributed by atoms with Crippen LogP contribution < -0.4 is 10.1 Å². The average molecular weight is 344 g/mol. The normalized spacial score (nSPS) is 20.6. The van der Waals surface area contributed by atoms with Crippen molar-refractivity contribution < 1.29 is 14.3 Å². The highest BCUT2D eigenvalue weighted by Crippen LogP contribution is 2.25. The molecule has 1 aliphatic heterocycles. The number of aromatic amines is 1. The van der Waals surface area contributed by atoms with Crippen LogP contribution in [-0.2, 0) is 4.74 Å². The van der Waals surface area contributed by atoms with Gasteiger partial charge >= 0.3 is 0 Å².